The van der Waals surface area contributed by atoms with Gasteiger partial charge in [0.05, 0.1) is 26.5 Å². The number of carbonyl (C=O) groups is 1. The molecule has 1 atom stereocenters. The van der Waals surface area contributed by atoms with E-state index in [1.807, 2.05) is 0 Å². The Balaban J connectivity index is 2.23. The summed E-state index contributed by atoms with van der Waals surface area (Å²) in [6.07, 6.45) is 0. The first-order chi connectivity index (χ1) is 9.88. The molecule has 0 aliphatic rings. The number of halogens is 4. The van der Waals surface area contributed by atoms with Crippen molar-refractivity contribution in [1.29, 1.82) is 0 Å². The van der Waals surface area contributed by atoms with E-state index in [-0.39, 0.29) is 15.5 Å². The lowest BCUT2D eigenvalue weighted by atomic mass is 10.1. The zero-order valence-electron chi connectivity index (χ0n) is 10.4. The van der Waals surface area contributed by atoms with E-state index in [2.05, 4.69) is 0 Å². The number of rotatable bonds is 4. The van der Waals surface area contributed by atoms with Gasteiger partial charge in [-0.2, -0.15) is 0 Å². The third kappa shape index (κ3) is 3.87. The molecule has 2 rings (SSSR count). The van der Waals surface area contributed by atoms with Gasteiger partial charge in [-0.25, -0.2) is 8.78 Å². The van der Waals surface area contributed by atoms with E-state index in [1.165, 1.54) is 18.2 Å². The van der Waals surface area contributed by atoms with E-state index < -0.39 is 34.0 Å². The molecule has 0 radical (unpaired) electrons. The second kappa shape index (κ2) is 6.64. The van der Waals surface area contributed by atoms with Crippen LogP contribution in [0.5, 0.6) is 0 Å². The third-order valence-electron chi connectivity index (χ3n) is 2.63. The van der Waals surface area contributed by atoms with Crippen molar-refractivity contribution in [3.05, 3.63) is 63.6 Å². The van der Waals surface area contributed by atoms with Gasteiger partial charge in [0, 0.05) is 10.6 Å². The summed E-state index contributed by atoms with van der Waals surface area (Å²) in [5.74, 6) is -2.60. The van der Waals surface area contributed by atoms with Gasteiger partial charge in [0.15, 0.2) is 5.78 Å². The lowest BCUT2D eigenvalue weighted by Gasteiger charge is -2.05. The largest absolute Gasteiger partial charge is 0.293 e. The maximum Gasteiger partial charge on any atom is 0.177 e. The number of hydrogen-bond donors (Lipinski definition) is 0. The Bertz CT molecular complexity index is 735. The summed E-state index contributed by atoms with van der Waals surface area (Å²) in [5, 5.41) is 0.470. The van der Waals surface area contributed by atoms with Crippen LogP contribution in [-0.2, 0) is 10.8 Å². The fourth-order valence-electron chi connectivity index (χ4n) is 1.64. The number of benzene rings is 2. The zero-order valence-corrected chi connectivity index (χ0v) is 12.7. The van der Waals surface area contributed by atoms with Crippen LogP contribution in [0.15, 0.2) is 41.3 Å². The fourth-order valence-corrected chi connectivity index (χ4v) is 3.23. The molecule has 0 heterocycles. The molecule has 0 fully saturated rings. The van der Waals surface area contributed by atoms with Gasteiger partial charge in [-0.1, -0.05) is 23.2 Å². The molecule has 0 saturated heterocycles. The summed E-state index contributed by atoms with van der Waals surface area (Å²) in [7, 11) is -2.01. The van der Waals surface area contributed by atoms with Crippen molar-refractivity contribution in [3.63, 3.8) is 0 Å². The van der Waals surface area contributed by atoms with Crippen LogP contribution < -0.4 is 0 Å². The van der Waals surface area contributed by atoms with Crippen LogP contribution in [-0.4, -0.2) is 15.7 Å². The molecular formula is C14H8Cl2F2O2S. The highest BCUT2D eigenvalue weighted by Crippen LogP contribution is 2.22. The van der Waals surface area contributed by atoms with Gasteiger partial charge in [-0.3, -0.25) is 9.00 Å². The Morgan fingerprint density at radius 2 is 1.81 bits per heavy atom. The van der Waals surface area contributed by atoms with Crippen LogP contribution in [0.25, 0.3) is 0 Å². The fraction of sp³-hybridized carbons (Fsp3) is 0.0714. The molecule has 0 spiro atoms. The predicted octanol–water partition coefficient (Wildman–Crippen LogP) is 4.26. The molecule has 2 aromatic rings. The molecule has 1 unspecified atom stereocenters. The monoisotopic (exact) mass is 348 g/mol. The van der Waals surface area contributed by atoms with Crippen LogP contribution >= 0.6 is 23.2 Å². The highest BCUT2D eigenvalue weighted by atomic mass is 35.5. The van der Waals surface area contributed by atoms with E-state index in [0.717, 1.165) is 18.2 Å². The third-order valence-corrected chi connectivity index (χ3v) is 4.51. The molecule has 2 nitrogen and oxygen atoms in total. The van der Waals surface area contributed by atoms with Gasteiger partial charge in [-0.15, -0.1) is 0 Å². The summed E-state index contributed by atoms with van der Waals surface area (Å²) in [6, 6.07) is 6.82. The summed E-state index contributed by atoms with van der Waals surface area (Å²) in [4.78, 5) is 11.7. The molecule has 2 aromatic carbocycles. The lowest BCUT2D eigenvalue weighted by Crippen LogP contribution is -2.12. The van der Waals surface area contributed by atoms with E-state index in [0.29, 0.717) is 5.02 Å². The molecular weight excluding hydrogens is 341 g/mol. The summed E-state index contributed by atoms with van der Waals surface area (Å²) in [6.45, 7) is 0. The SMILES string of the molecule is O=C(CS(=O)c1cc(F)ccc1F)c1ccc(Cl)cc1Cl. The molecule has 7 heteroatoms. The highest BCUT2D eigenvalue weighted by molar-refractivity contribution is 7.85. The molecule has 0 aromatic heterocycles. The predicted molar refractivity (Wildman–Crippen MR) is 78.4 cm³/mol. The van der Waals surface area contributed by atoms with Gasteiger partial charge in [-0.05, 0) is 36.4 Å². The number of carbonyl (C=O) groups excluding carboxylic acids is 1. The first kappa shape index (κ1) is 16.1. The molecule has 0 bridgehead atoms. The van der Waals surface area contributed by atoms with Crippen molar-refractivity contribution in [2.75, 3.05) is 5.75 Å². The summed E-state index contributed by atoms with van der Waals surface area (Å²) >= 11 is 11.6. The second-order valence-electron chi connectivity index (χ2n) is 4.11. The Kier molecular flexibility index (Phi) is 5.08. The molecule has 0 aliphatic heterocycles. The normalized spacial score (nSPS) is 12.2. The molecule has 0 N–H and O–H groups in total. The van der Waals surface area contributed by atoms with Gasteiger partial charge in [0.2, 0.25) is 0 Å². The highest BCUT2D eigenvalue weighted by Gasteiger charge is 2.18. The number of hydrogen-bond acceptors (Lipinski definition) is 2. The van der Waals surface area contributed by atoms with Crippen molar-refractivity contribution in [2.24, 2.45) is 0 Å². The van der Waals surface area contributed by atoms with Crippen LogP contribution in [0.4, 0.5) is 8.78 Å². The first-order valence-electron chi connectivity index (χ1n) is 5.70. The summed E-state index contributed by atoms with van der Waals surface area (Å²) < 4.78 is 38.5. The quantitative estimate of drug-likeness (QED) is 0.773. The average Bonchev–Trinajstić information content (AvgIpc) is 2.41. The van der Waals surface area contributed by atoms with E-state index >= 15 is 0 Å². The molecule has 0 saturated carbocycles. The first-order valence-corrected chi connectivity index (χ1v) is 7.77. The van der Waals surface area contributed by atoms with Gasteiger partial charge < -0.3 is 0 Å². The summed E-state index contributed by atoms with van der Waals surface area (Å²) in [5.41, 5.74) is 0.131. The topological polar surface area (TPSA) is 34.1 Å². The van der Waals surface area contributed by atoms with E-state index in [4.69, 9.17) is 23.2 Å². The van der Waals surface area contributed by atoms with Gasteiger partial charge >= 0.3 is 0 Å². The Hall–Kier alpha value is -1.30. The zero-order chi connectivity index (χ0) is 15.6. The molecule has 0 amide bonds. The average molecular weight is 349 g/mol. The number of ketones is 1. The van der Waals surface area contributed by atoms with Crippen molar-refractivity contribution in [1.82, 2.24) is 0 Å². The molecule has 0 aliphatic carbocycles. The van der Waals surface area contributed by atoms with Gasteiger partial charge in [0.1, 0.15) is 11.6 Å². The van der Waals surface area contributed by atoms with Crippen LogP contribution in [0.2, 0.25) is 10.0 Å². The van der Waals surface area contributed by atoms with Crippen molar-refractivity contribution >= 4 is 39.8 Å². The van der Waals surface area contributed by atoms with Crippen LogP contribution in [0.1, 0.15) is 10.4 Å². The smallest absolute Gasteiger partial charge is 0.177 e. The van der Waals surface area contributed by atoms with Crippen molar-refractivity contribution < 1.29 is 17.8 Å². The Labute approximate surface area is 132 Å². The lowest BCUT2D eigenvalue weighted by molar-refractivity contribution is 0.102. The minimum atomic E-state index is -2.01. The maximum atomic E-state index is 13.5. The van der Waals surface area contributed by atoms with Crippen LogP contribution in [0, 0.1) is 11.6 Å². The van der Waals surface area contributed by atoms with E-state index in [9.17, 15) is 17.8 Å². The second-order valence-corrected chi connectivity index (χ2v) is 6.38. The van der Waals surface area contributed by atoms with Gasteiger partial charge in [0.25, 0.3) is 0 Å². The molecule has 110 valence electrons. The maximum absolute atomic E-state index is 13.5. The van der Waals surface area contributed by atoms with Crippen LogP contribution in [0.3, 0.4) is 0 Å². The number of Topliss-reactive ketones (excluding diaryl/α,β-unsaturated/α-hetero) is 1. The van der Waals surface area contributed by atoms with E-state index in [1.54, 1.807) is 0 Å². The Morgan fingerprint density at radius 3 is 2.48 bits per heavy atom. The minimum absolute atomic E-state index is 0.115. The minimum Gasteiger partial charge on any atom is -0.293 e. The standard InChI is InChI=1S/C14H8Cl2F2O2S/c15-8-1-3-10(11(16)5-8)13(19)7-21(20)14-6-9(17)2-4-12(14)18/h1-6H,7H2. The van der Waals surface area contributed by atoms with Crippen molar-refractivity contribution in [2.45, 2.75) is 4.90 Å². The Morgan fingerprint density at radius 1 is 1.10 bits per heavy atom. The van der Waals surface area contributed by atoms with Crippen molar-refractivity contribution in [3.8, 4) is 0 Å². The molecule has 21 heavy (non-hydrogen) atoms.